The van der Waals surface area contributed by atoms with E-state index in [1.165, 1.54) is 0 Å². The summed E-state index contributed by atoms with van der Waals surface area (Å²) >= 11 is 0. The molecule has 3 rings (SSSR count). The fourth-order valence-corrected chi connectivity index (χ4v) is 2.87. The first-order valence-electron chi connectivity index (χ1n) is 8.66. The van der Waals surface area contributed by atoms with Crippen molar-refractivity contribution in [3.05, 3.63) is 64.7 Å². The molecule has 130 valence electrons. The van der Waals surface area contributed by atoms with Crippen LogP contribution in [0.3, 0.4) is 0 Å². The summed E-state index contributed by atoms with van der Waals surface area (Å²) in [5, 5.41) is 0. The molecule has 2 aromatic carbocycles. The molecule has 0 bridgehead atoms. The third kappa shape index (κ3) is 4.30. The lowest BCUT2D eigenvalue weighted by Crippen LogP contribution is -2.01. The van der Waals surface area contributed by atoms with Crippen LogP contribution in [0.4, 0.5) is 0 Å². The third-order valence-corrected chi connectivity index (χ3v) is 4.50. The van der Waals surface area contributed by atoms with Gasteiger partial charge in [0, 0.05) is 11.5 Å². The summed E-state index contributed by atoms with van der Waals surface area (Å²) in [5.41, 5.74) is 4.18. The van der Waals surface area contributed by atoms with Gasteiger partial charge in [-0.3, -0.25) is 4.79 Å². The first kappa shape index (κ1) is 17.3. The molecular formula is C22H24O3. The fraction of sp³-hybridized carbons (Fsp3) is 0.318. The van der Waals surface area contributed by atoms with Gasteiger partial charge in [0.05, 0.1) is 7.11 Å². The zero-order chi connectivity index (χ0) is 17.8. The molecule has 0 aromatic heterocycles. The molecule has 1 aliphatic carbocycles. The van der Waals surface area contributed by atoms with Crippen molar-refractivity contribution in [1.29, 1.82) is 0 Å². The molecule has 3 nitrogen and oxygen atoms in total. The topological polar surface area (TPSA) is 35.5 Å². The number of allylic oxidation sites excluding steroid dienone is 1. The Kier molecular flexibility index (Phi) is 5.22. The summed E-state index contributed by atoms with van der Waals surface area (Å²) in [6, 6.07) is 12.0. The van der Waals surface area contributed by atoms with Gasteiger partial charge in [0.25, 0.3) is 0 Å². The van der Waals surface area contributed by atoms with Crippen molar-refractivity contribution in [2.24, 2.45) is 5.92 Å². The maximum Gasteiger partial charge on any atom is 0.158 e. The van der Waals surface area contributed by atoms with E-state index in [1.54, 1.807) is 13.2 Å². The van der Waals surface area contributed by atoms with Gasteiger partial charge in [0.2, 0.25) is 0 Å². The van der Waals surface area contributed by atoms with Crippen LogP contribution in [0, 0.1) is 19.8 Å². The van der Waals surface area contributed by atoms with E-state index < -0.39 is 0 Å². The normalized spacial score (nSPS) is 13.9. The second-order valence-corrected chi connectivity index (χ2v) is 6.59. The van der Waals surface area contributed by atoms with Gasteiger partial charge >= 0.3 is 0 Å². The number of carbonyl (C=O) groups excluding carboxylic acids is 1. The van der Waals surface area contributed by atoms with Crippen molar-refractivity contribution in [2.45, 2.75) is 33.3 Å². The summed E-state index contributed by atoms with van der Waals surface area (Å²) < 4.78 is 11.5. The second kappa shape index (κ2) is 7.56. The Morgan fingerprint density at radius 3 is 2.52 bits per heavy atom. The molecule has 25 heavy (non-hydrogen) atoms. The molecule has 0 N–H and O–H groups in total. The van der Waals surface area contributed by atoms with Gasteiger partial charge in [-0.15, -0.1) is 0 Å². The minimum absolute atomic E-state index is 0.226. The van der Waals surface area contributed by atoms with Crippen molar-refractivity contribution >= 4 is 11.9 Å². The lowest BCUT2D eigenvalue weighted by Gasteiger charge is -2.14. The number of hydrogen-bond acceptors (Lipinski definition) is 3. The molecule has 0 saturated heterocycles. The number of hydrogen-bond donors (Lipinski definition) is 0. The Labute approximate surface area is 149 Å². The lowest BCUT2D eigenvalue weighted by atomic mass is 10.1. The number of rotatable bonds is 7. The van der Waals surface area contributed by atoms with Crippen LogP contribution in [-0.4, -0.2) is 12.9 Å². The van der Waals surface area contributed by atoms with Crippen LogP contribution in [0.5, 0.6) is 11.5 Å². The molecule has 2 aromatic rings. The van der Waals surface area contributed by atoms with Crippen molar-refractivity contribution < 1.29 is 14.3 Å². The van der Waals surface area contributed by atoms with E-state index in [1.807, 2.05) is 56.3 Å². The van der Waals surface area contributed by atoms with Crippen molar-refractivity contribution in [2.75, 3.05) is 7.11 Å². The summed E-state index contributed by atoms with van der Waals surface area (Å²) in [6.07, 6.45) is 5.62. The Morgan fingerprint density at radius 2 is 1.88 bits per heavy atom. The third-order valence-electron chi connectivity index (χ3n) is 4.50. The smallest absolute Gasteiger partial charge is 0.158 e. The van der Waals surface area contributed by atoms with Crippen LogP contribution >= 0.6 is 0 Å². The van der Waals surface area contributed by atoms with E-state index in [9.17, 15) is 4.79 Å². The standard InChI is InChI=1S/C22H24O3/c1-15-5-4-6-16(2)22(15)25-14-19-13-17(8-12-21(19)24-3)7-11-20(23)18-9-10-18/h4-8,11-13,18H,9-10,14H2,1-3H3. The van der Waals surface area contributed by atoms with Gasteiger partial charge in [0.15, 0.2) is 5.78 Å². The molecule has 0 heterocycles. The number of methoxy groups -OCH3 is 1. The van der Waals surface area contributed by atoms with E-state index in [-0.39, 0.29) is 11.7 Å². The maximum absolute atomic E-state index is 11.8. The minimum atomic E-state index is 0.226. The average molecular weight is 336 g/mol. The van der Waals surface area contributed by atoms with Crippen molar-refractivity contribution in [3.63, 3.8) is 0 Å². The predicted molar refractivity (Wildman–Crippen MR) is 100 cm³/mol. The van der Waals surface area contributed by atoms with Crippen molar-refractivity contribution in [3.8, 4) is 11.5 Å². The summed E-state index contributed by atoms with van der Waals surface area (Å²) in [7, 11) is 1.66. The van der Waals surface area contributed by atoms with Gasteiger partial charge < -0.3 is 9.47 Å². The molecule has 1 saturated carbocycles. The summed E-state index contributed by atoms with van der Waals surface area (Å²) in [4.78, 5) is 11.8. The van der Waals surface area contributed by atoms with Gasteiger partial charge in [-0.1, -0.05) is 30.3 Å². The zero-order valence-corrected chi connectivity index (χ0v) is 15.0. The van der Waals surface area contributed by atoms with Gasteiger partial charge in [-0.05, 0) is 61.6 Å². The van der Waals surface area contributed by atoms with Crippen LogP contribution in [-0.2, 0) is 11.4 Å². The molecule has 1 aliphatic rings. The number of carbonyl (C=O) groups is 1. The van der Waals surface area contributed by atoms with Crippen LogP contribution < -0.4 is 9.47 Å². The molecule has 0 unspecified atom stereocenters. The first-order chi connectivity index (χ1) is 12.1. The predicted octanol–water partition coefficient (Wildman–Crippen LogP) is 4.88. The Morgan fingerprint density at radius 1 is 1.16 bits per heavy atom. The monoisotopic (exact) mass is 336 g/mol. The zero-order valence-electron chi connectivity index (χ0n) is 15.0. The van der Waals surface area contributed by atoms with Gasteiger partial charge in [-0.25, -0.2) is 0 Å². The highest BCUT2D eigenvalue weighted by atomic mass is 16.5. The van der Waals surface area contributed by atoms with Gasteiger partial charge in [0.1, 0.15) is 18.1 Å². The number of para-hydroxylation sites is 1. The Bertz CT molecular complexity index is 781. The van der Waals surface area contributed by atoms with E-state index in [0.29, 0.717) is 6.61 Å². The molecule has 0 amide bonds. The largest absolute Gasteiger partial charge is 0.496 e. The maximum atomic E-state index is 11.8. The van der Waals surface area contributed by atoms with E-state index in [2.05, 4.69) is 0 Å². The van der Waals surface area contributed by atoms with Crippen LogP contribution in [0.1, 0.15) is 35.1 Å². The van der Waals surface area contributed by atoms with E-state index in [4.69, 9.17) is 9.47 Å². The molecule has 1 fully saturated rings. The Balaban J connectivity index is 1.77. The molecular weight excluding hydrogens is 312 g/mol. The SMILES string of the molecule is COc1ccc(C=CC(=O)C2CC2)cc1COc1c(C)cccc1C. The van der Waals surface area contributed by atoms with Crippen molar-refractivity contribution in [1.82, 2.24) is 0 Å². The molecule has 0 aliphatic heterocycles. The van der Waals surface area contributed by atoms with Crippen LogP contribution in [0.25, 0.3) is 6.08 Å². The number of ether oxygens (including phenoxy) is 2. The minimum Gasteiger partial charge on any atom is -0.496 e. The highest BCUT2D eigenvalue weighted by Gasteiger charge is 2.27. The highest BCUT2D eigenvalue weighted by molar-refractivity contribution is 5.96. The van der Waals surface area contributed by atoms with E-state index >= 15 is 0 Å². The lowest BCUT2D eigenvalue weighted by molar-refractivity contribution is -0.115. The molecule has 3 heteroatoms. The molecule has 0 radical (unpaired) electrons. The fourth-order valence-electron chi connectivity index (χ4n) is 2.87. The van der Waals surface area contributed by atoms with Gasteiger partial charge in [-0.2, -0.15) is 0 Å². The summed E-state index contributed by atoms with van der Waals surface area (Å²) in [6.45, 7) is 4.51. The number of benzene rings is 2. The van der Waals surface area contributed by atoms with Crippen LogP contribution in [0.2, 0.25) is 0 Å². The molecule has 0 spiro atoms. The first-order valence-corrected chi connectivity index (χ1v) is 8.66. The van der Waals surface area contributed by atoms with Crippen LogP contribution in [0.15, 0.2) is 42.5 Å². The summed E-state index contributed by atoms with van der Waals surface area (Å²) in [5.74, 6) is 2.18. The number of aryl methyl sites for hydroxylation is 2. The Hall–Kier alpha value is -2.55. The second-order valence-electron chi connectivity index (χ2n) is 6.59. The quantitative estimate of drug-likeness (QED) is 0.676. The molecule has 0 atom stereocenters. The highest BCUT2D eigenvalue weighted by Crippen LogP contribution is 2.31. The van der Waals surface area contributed by atoms with E-state index in [0.717, 1.165) is 46.6 Å². The average Bonchev–Trinajstić information content (AvgIpc) is 3.44. The number of ketones is 1.